The van der Waals surface area contributed by atoms with Crippen LogP contribution in [0, 0.1) is 36.5 Å². The van der Waals surface area contributed by atoms with E-state index in [1.165, 1.54) is 15.9 Å². The summed E-state index contributed by atoms with van der Waals surface area (Å²) in [4.78, 5) is 12.9. The second-order valence-electron chi connectivity index (χ2n) is 5.88. The highest BCUT2D eigenvalue weighted by Crippen LogP contribution is 2.11. The smallest absolute Gasteiger partial charge is 0.269 e. The molecule has 0 unspecified atom stereocenters. The molecule has 0 aliphatic rings. The monoisotopic (exact) mass is 367 g/mol. The molecule has 26 heavy (non-hydrogen) atoms. The molecule has 2 aromatic rings. The van der Waals surface area contributed by atoms with Gasteiger partial charge in [-0.05, 0) is 44.4 Å². The van der Waals surface area contributed by atoms with E-state index in [0.717, 1.165) is 16.7 Å². The maximum Gasteiger partial charge on any atom is 0.269 e. The lowest BCUT2D eigenvalue weighted by Crippen LogP contribution is -2.32. The summed E-state index contributed by atoms with van der Waals surface area (Å²) < 4.78 is 7.77. The minimum Gasteiger partial charge on any atom is -0.382 e. The Bertz CT molecular complexity index is 1030. The maximum atomic E-state index is 12.9. The highest BCUT2D eigenvalue weighted by Gasteiger charge is 2.09. The highest BCUT2D eigenvalue weighted by atomic mass is 32.1. The number of thiazole rings is 1. The molecule has 0 bridgehead atoms. The second-order valence-corrected chi connectivity index (χ2v) is 6.91. The summed E-state index contributed by atoms with van der Waals surface area (Å²) >= 11 is 1.19. The number of nitriles is 2. The largest absolute Gasteiger partial charge is 0.382 e. The van der Waals surface area contributed by atoms with Crippen LogP contribution in [0.2, 0.25) is 0 Å². The van der Waals surface area contributed by atoms with Gasteiger partial charge < -0.3 is 4.74 Å². The minimum atomic E-state index is -0.176. The topological polar surface area (TPSA) is 78.8 Å². The maximum absolute atomic E-state index is 12.9. The summed E-state index contributed by atoms with van der Waals surface area (Å²) in [7, 11) is 0. The van der Waals surface area contributed by atoms with E-state index in [9.17, 15) is 15.3 Å². The fraction of sp³-hybridized carbons (Fsp3) is 0.350. The van der Waals surface area contributed by atoms with Crippen molar-refractivity contribution in [2.45, 2.75) is 33.7 Å². The van der Waals surface area contributed by atoms with Crippen molar-refractivity contribution < 1.29 is 4.74 Å². The summed E-state index contributed by atoms with van der Waals surface area (Å²) in [6.07, 6.45) is 2.48. The Morgan fingerprint density at radius 2 is 2.04 bits per heavy atom. The molecular weight excluding hydrogens is 346 g/mol. The van der Waals surface area contributed by atoms with E-state index >= 15 is 0 Å². The number of aryl methyl sites for hydroxylation is 2. The zero-order valence-corrected chi connectivity index (χ0v) is 16.0. The van der Waals surface area contributed by atoms with Crippen molar-refractivity contribution >= 4 is 23.0 Å². The molecule has 0 N–H and O–H groups in total. The lowest BCUT2D eigenvalue weighted by molar-refractivity contribution is 0.141. The van der Waals surface area contributed by atoms with Crippen LogP contribution in [0.3, 0.4) is 0 Å². The van der Waals surface area contributed by atoms with E-state index < -0.39 is 0 Å². The van der Waals surface area contributed by atoms with Crippen LogP contribution in [0.4, 0.5) is 0 Å². The molecule has 0 fully saturated rings. The van der Waals surface area contributed by atoms with Gasteiger partial charge in [0.25, 0.3) is 5.56 Å². The average Bonchev–Trinajstić information content (AvgIpc) is 2.92. The molecule has 1 aromatic heterocycles. The number of benzene rings is 1. The van der Waals surface area contributed by atoms with Crippen LogP contribution in [-0.4, -0.2) is 17.8 Å². The number of nitrogens with zero attached hydrogens (tertiary/aromatic N) is 3. The van der Waals surface area contributed by atoms with Crippen LogP contribution in [0.25, 0.3) is 11.6 Å². The first-order valence-electron chi connectivity index (χ1n) is 8.42. The zero-order valence-electron chi connectivity index (χ0n) is 15.2. The Balaban J connectivity index is 2.63. The Morgan fingerprint density at radius 1 is 1.31 bits per heavy atom. The third-order valence-corrected chi connectivity index (χ3v) is 5.07. The first-order chi connectivity index (χ1) is 12.5. The van der Waals surface area contributed by atoms with Gasteiger partial charge in [-0.25, -0.2) is 0 Å². The van der Waals surface area contributed by atoms with Gasteiger partial charge in [-0.3, -0.25) is 9.36 Å². The summed E-state index contributed by atoms with van der Waals surface area (Å²) in [6, 6.07) is 9.85. The minimum absolute atomic E-state index is 0.0378. The van der Waals surface area contributed by atoms with Crippen LogP contribution in [0.5, 0.6) is 0 Å². The van der Waals surface area contributed by atoms with Gasteiger partial charge in [-0.1, -0.05) is 23.8 Å². The summed E-state index contributed by atoms with van der Waals surface area (Å²) in [5.74, 6) is 0. The molecule has 1 aromatic carbocycles. The van der Waals surface area contributed by atoms with Crippen molar-refractivity contribution in [2.24, 2.45) is 0 Å². The first-order valence-corrected chi connectivity index (χ1v) is 9.24. The van der Waals surface area contributed by atoms with Crippen molar-refractivity contribution in [1.29, 1.82) is 10.5 Å². The fourth-order valence-electron chi connectivity index (χ4n) is 2.55. The van der Waals surface area contributed by atoms with Crippen molar-refractivity contribution in [3.63, 3.8) is 0 Å². The summed E-state index contributed by atoms with van der Waals surface area (Å²) in [5, 5.41) is 18.5. The van der Waals surface area contributed by atoms with Crippen LogP contribution >= 0.6 is 11.3 Å². The van der Waals surface area contributed by atoms with Gasteiger partial charge in [0.2, 0.25) is 0 Å². The van der Waals surface area contributed by atoms with E-state index in [2.05, 4.69) is 0 Å². The van der Waals surface area contributed by atoms with Gasteiger partial charge in [0.15, 0.2) is 5.57 Å². The molecule has 0 spiro atoms. The van der Waals surface area contributed by atoms with E-state index in [4.69, 9.17) is 4.74 Å². The zero-order chi connectivity index (χ0) is 19.1. The molecule has 0 aliphatic carbocycles. The molecule has 6 heteroatoms. The van der Waals surface area contributed by atoms with E-state index in [-0.39, 0.29) is 11.1 Å². The predicted molar refractivity (Wildman–Crippen MR) is 103 cm³/mol. The Hall–Kier alpha value is -2.67. The van der Waals surface area contributed by atoms with Crippen molar-refractivity contribution in [1.82, 2.24) is 4.57 Å². The molecule has 0 aliphatic heterocycles. The molecule has 134 valence electrons. The lowest BCUT2D eigenvalue weighted by Gasteiger charge is -2.02. The van der Waals surface area contributed by atoms with Gasteiger partial charge in [0.05, 0.1) is 4.53 Å². The lowest BCUT2D eigenvalue weighted by atomic mass is 10.1. The van der Waals surface area contributed by atoms with E-state index in [1.807, 2.05) is 57.2 Å². The van der Waals surface area contributed by atoms with E-state index in [1.54, 1.807) is 0 Å². The number of hydrogen-bond donors (Lipinski definition) is 0. The normalized spacial score (nSPS) is 11.2. The van der Waals surface area contributed by atoms with Gasteiger partial charge in [-0.2, -0.15) is 10.5 Å². The second kappa shape index (κ2) is 9.15. The molecule has 0 radical (unpaired) electrons. The van der Waals surface area contributed by atoms with Crippen molar-refractivity contribution in [2.75, 3.05) is 13.2 Å². The van der Waals surface area contributed by atoms with Gasteiger partial charge >= 0.3 is 0 Å². The fourth-order valence-corrected chi connectivity index (χ4v) is 3.62. The number of hydrogen-bond acceptors (Lipinski definition) is 5. The van der Waals surface area contributed by atoms with Gasteiger partial charge in [0, 0.05) is 19.8 Å². The van der Waals surface area contributed by atoms with Crippen LogP contribution in [0.1, 0.15) is 30.0 Å². The van der Waals surface area contributed by atoms with Crippen molar-refractivity contribution in [3.8, 4) is 12.1 Å². The van der Waals surface area contributed by atoms with Crippen molar-refractivity contribution in [3.05, 3.63) is 54.4 Å². The van der Waals surface area contributed by atoms with Crippen LogP contribution in [-0.2, 0) is 11.3 Å². The Labute approximate surface area is 156 Å². The van der Waals surface area contributed by atoms with Crippen LogP contribution in [0.15, 0.2) is 23.0 Å². The van der Waals surface area contributed by atoms with Crippen LogP contribution < -0.4 is 14.8 Å². The van der Waals surface area contributed by atoms with Gasteiger partial charge in [-0.15, -0.1) is 11.3 Å². The molecule has 0 atom stereocenters. The van der Waals surface area contributed by atoms with E-state index in [0.29, 0.717) is 35.4 Å². The van der Waals surface area contributed by atoms with Gasteiger partial charge in [0.1, 0.15) is 16.8 Å². The molecule has 0 saturated carbocycles. The number of rotatable bonds is 6. The summed E-state index contributed by atoms with van der Waals surface area (Å²) in [5.41, 5.74) is 2.93. The Morgan fingerprint density at radius 3 is 2.69 bits per heavy atom. The molecule has 0 amide bonds. The summed E-state index contributed by atoms with van der Waals surface area (Å²) in [6.45, 7) is 7.46. The quantitative estimate of drug-likeness (QED) is 0.732. The average molecular weight is 367 g/mol. The SMILES string of the molecule is CCOCCCn1c(=C(C#N)C#N)s/c(=C\c2cc(C)ccc2C)c1=O. The third-order valence-electron chi connectivity index (χ3n) is 3.94. The standard InChI is InChI=1S/C20H21N3O2S/c1-4-25-9-5-8-23-19(24)18(26-20(23)17(12-21)13-22)11-16-10-14(2)6-7-15(16)3/h6-7,10-11H,4-5,8-9H2,1-3H3/b18-11-. The molecular formula is C20H21N3O2S. The molecule has 0 saturated heterocycles. The first kappa shape index (κ1) is 19.7. The number of aromatic nitrogens is 1. The molecule has 5 nitrogen and oxygen atoms in total. The predicted octanol–water partition coefficient (Wildman–Crippen LogP) is 1.98. The Kier molecular flexibility index (Phi) is 6.91. The highest BCUT2D eigenvalue weighted by molar-refractivity contribution is 7.07. The molecule has 2 rings (SSSR count). The number of ether oxygens (including phenoxy) is 1. The third kappa shape index (κ3) is 4.49. The molecule has 1 heterocycles.